The van der Waals surface area contributed by atoms with E-state index in [0.717, 1.165) is 25.1 Å². The van der Waals surface area contributed by atoms with Crippen molar-refractivity contribution in [3.63, 3.8) is 0 Å². The highest BCUT2D eigenvalue weighted by molar-refractivity contribution is 6.13. The van der Waals surface area contributed by atoms with Crippen LogP contribution in [0.1, 0.15) is 18.9 Å². The second-order valence-electron chi connectivity index (χ2n) is 7.00. The summed E-state index contributed by atoms with van der Waals surface area (Å²) < 4.78 is 18.9. The number of fused-ring (bicyclic) bond motifs is 2. The minimum absolute atomic E-state index is 0.0813. The zero-order chi connectivity index (χ0) is 20.4. The van der Waals surface area contributed by atoms with E-state index in [1.165, 1.54) is 23.8 Å². The van der Waals surface area contributed by atoms with Crippen molar-refractivity contribution >= 4 is 28.9 Å². The van der Waals surface area contributed by atoms with Crippen molar-refractivity contribution in [2.45, 2.75) is 19.8 Å². The molecule has 2 N–H and O–H groups in total. The Morgan fingerprint density at radius 2 is 2.00 bits per heavy atom. The number of rotatable bonds is 4. The van der Waals surface area contributed by atoms with E-state index in [1.54, 1.807) is 6.92 Å². The minimum Gasteiger partial charge on any atom is -0.461 e. The maximum absolute atomic E-state index is 13.7. The molecular weight excluding hydrogens is 373 g/mol. The number of carbonyl (C=O) groups is 2. The lowest BCUT2D eigenvalue weighted by Crippen LogP contribution is -2.35. The second kappa shape index (κ2) is 7.95. The summed E-state index contributed by atoms with van der Waals surface area (Å²) in [6.45, 7) is 2.90. The van der Waals surface area contributed by atoms with E-state index in [4.69, 9.17) is 4.74 Å². The number of amides is 1. The van der Waals surface area contributed by atoms with Crippen molar-refractivity contribution in [2.75, 3.05) is 35.2 Å². The molecule has 2 heterocycles. The Bertz CT molecular complexity index is 1000. The molecule has 0 radical (unpaired) electrons. The van der Waals surface area contributed by atoms with Gasteiger partial charge in [0.15, 0.2) is 0 Å². The number of anilines is 3. The molecule has 6 nitrogen and oxygen atoms in total. The number of esters is 1. The van der Waals surface area contributed by atoms with Crippen molar-refractivity contribution in [1.82, 2.24) is 0 Å². The monoisotopic (exact) mass is 395 g/mol. The average molecular weight is 395 g/mol. The normalized spacial score (nSPS) is 15.7. The lowest BCUT2D eigenvalue weighted by molar-refractivity contribution is -0.138. The Morgan fingerprint density at radius 3 is 2.83 bits per heavy atom. The van der Waals surface area contributed by atoms with Gasteiger partial charge in [-0.25, -0.2) is 9.18 Å². The molecule has 150 valence electrons. The minimum atomic E-state index is -0.611. The summed E-state index contributed by atoms with van der Waals surface area (Å²) in [6, 6.07) is 12.0. The van der Waals surface area contributed by atoms with E-state index >= 15 is 0 Å². The van der Waals surface area contributed by atoms with Gasteiger partial charge in [-0.15, -0.1) is 0 Å². The number of benzene rings is 2. The van der Waals surface area contributed by atoms with Crippen LogP contribution in [0.5, 0.6) is 0 Å². The molecule has 0 aromatic heterocycles. The van der Waals surface area contributed by atoms with Gasteiger partial charge in [-0.3, -0.25) is 4.79 Å². The lowest BCUT2D eigenvalue weighted by atomic mass is 10.0. The van der Waals surface area contributed by atoms with Gasteiger partial charge in [0.2, 0.25) is 0 Å². The topological polar surface area (TPSA) is 70.7 Å². The van der Waals surface area contributed by atoms with Crippen LogP contribution in [0.2, 0.25) is 0 Å². The quantitative estimate of drug-likeness (QED) is 0.776. The first kappa shape index (κ1) is 19.0. The molecule has 0 saturated heterocycles. The molecule has 2 aliphatic heterocycles. The summed E-state index contributed by atoms with van der Waals surface area (Å²) in [5.74, 6) is -1.54. The van der Waals surface area contributed by atoms with Crippen molar-refractivity contribution in [2.24, 2.45) is 0 Å². The molecule has 0 spiro atoms. The Hall–Kier alpha value is -3.35. The molecular formula is C22H22FN3O3. The average Bonchev–Trinajstić information content (AvgIpc) is 2.85. The van der Waals surface area contributed by atoms with Crippen LogP contribution in [0.15, 0.2) is 53.7 Å². The van der Waals surface area contributed by atoms with E-state index in [1.807, 2.05) is 18.2 Å². The summed E-state index contributed by atoms with van der Waals surface area (Å²) in [5, 5.41) is 5.71. The summed E-state index contributed by atoms with van der Waals surface area (Å²) in [6.07, 6.45) is 1.94. The van der Waals surface area contributed by atoms with E-state index < -0.39 is 17.7 Å². The third-order valence-electron chi connectivity index (χ3n) is 5.10. The van der Waals surface area contributed by atoms with Crippen LogP contribution < -0.4 is 15.5 Å². The molecule has 7 heteroatoms. The maximum atomic E-state index is 13.7. The Kier molecular flexibility index (Phi) is 5.20. The standard InChI is InChI=1S/C22H22FN3O3/c1-2-29-22(28)20-16(13-26-11-5-7-14-6-3-4-8-19(14)26)21(27)25-18-12-15(23)9-10-17(18)24-20/h3-4,6,8-10,12,24H,2,5,7,11,13H2,1H3,(H,25,27). The fraction of sp³-hybridized carbons (Fsp3) is 0.273. The number of aryl methyl sites for hydroxylation is 1. The number of para-hydroxylation sites is 1. The predicted molar refractivity (Wildman–Crippen MR) is 109 cm³/mol. The number of hydrogen-bond acceptors (Lipinski definition) is 5. The fourth-order valence-electron chi connectivity index (χ4n) is 3.75. The number of halogens is 1. The highest BCUT2D eigenvalue weighted by Crippen LogP contribution is 2.32. The zero-order valence-electron chi connectivity index (χ0n) is 16.1. The number of nitrogens with one attached hydrogen (secondary N) is 2. The van der Waals surface area contributed by atoms with Crippen molar-refractivity contribution < 1.29 is 18.7 Å². The van der Waals surface area contributed by atoms with Gasteiger partial charge < -0.3 is 20.3 Å². The summed E-state index contributed by atoms with van der Waals surface area (Å²) in [4.78, 5) is 27.8. The van der Waals surface area contributed by atoms with Crippen molar-refractivity contribution in [3.05, 3.63) is 65.1 Å². The molecule has 4 rings (SSSR count). The molecule has 0 bridgehead atoms. The van der Waals surface area contributed by atoms with Gasteiger partial charge in [0.05, 0.1) is 30.1 Å². The largest absolute Gasteiger partial charge is 0.461 e. The molecule has 0 fully saturated rings. The lowest BCUT2D eigenvalue weighted by Gasteiger charge is -2.32. The Balaban J connectivity index is 1.74. The number of carbonyl (C=O) groups excluding carboxylic acids is 2. The van der Waals surface area contributed by atoms with Gasteiger partial charge in [-0.05, 0) is 49.6 Å². The molecule has 2 aromatic rings. The van der Waals surface area contributed by atoms with Gasteiger partial charge in [-0.2, -0.15) is 0 Å². The molecule has 2 aliphatic rings. The van der Waals surface area contributed by atoms with Crippen LogP contribution in [0.4, 0.5) is 21.5 Å². The SMILES string of the molecule is CCOC(=O)C1=C(CN2CCCc3ccccc32)C(=O)Nc2cc(F)ccc2N1. The van der Waals surface area contributed by atoms with Crippen LogP contribution in [0, 0.1) is 5.82 Å². The third-order valence-corrected chi connectivity index (χ3v) is 5.10. The summed E-state index contributed by atoms with van der Waals surface area (Å²) in [7, 11) is 0. The first-order valence-electron chi connectivity index (χ1n) is 9.68. The molecule has 29 heavy (non-hydrogen) atoms. The first-order valence-corrected chi connectivity index (χ1v) is 9.68. The van der Waals surface area contributed by atoms with E-state index in [9.17, 15) is 14.0 Å². The molecule has 0 unspecified atom stereocenters. The molecule has 2 aromatic carbocycles. The summed E-state index contributed by atoms with van der Waals surface area (Å²) in [5.41, 5.74) is 3.33. The van der Waals surface area contributed by atoms with Crippen LogP contribution in [-0.2, 0) is 20.7 Å². The molecule has 1 amide bonds. The van der Waals surface area contributed by atoms with Crippen LogP contribution in [0.3, 0.4) is 0 Å². The van der Waals surface area contributed by atoms with E-state index in [0.29, 0.717) is 5.69 Å². The zero-order valence-corrected chi connectivity index (χ0v) is 16.1. The number of nitrogens with zero attached hydrogens (tertiary/aromatic N) is 1. The molecule has 0 saturated carbocycles. The summed E-state index contributed by atoms with van der Waals surface area (Å²) >= 11 is 0. The van der Waals surface area contributed by atoms with Gasteiger partial charge in [0.1, 0.15) is 11.5 Å². The first-order chi connectivity index (χ1) is 14.1. The van der Waals surface area contributed by atoms with Gasteiger partial charge in [-0.1, -0.05) is 18.2 Å². The predicted octanol–water partition coefficient (Wildman–Crippen LogP) is 3.46. The number of ether oxygens (including phenoxy) is 1. The Labute approximate surface area is 168 Å². The van der Waals surface area contributed by atoms with Crippen LogP contribution in [-0.4, -0.2) is 31.6 Å². The van der Waals surface area contributed by atoms with E-state index in [2.05, 4.69) is 21.6 Å². The molecule has 0 aliphatic carbocycles. The molecule has 0 atom stereocenters. The van der Waals surface area contributed by atoms with E-state index in [-0.39, 0.29) is 30.1 Å². The Morgan fingerprint density at radius 1 is 1.17 bits per heavy atom. The van der Waals surface area contributed by atoms with Gasteiger partial charge >= 0.3 is 5.97 Å². The highest BCUT2D eigenvalue weighted by atomic mass is 19.1. The van der Waals surface area contributed by atoms with Gasteiger partial charge in [0.25, 0.3) is 5.91 Å². The highest BCUT2D eigenvalue weighted by Gasteiger charge is 2.30. The fourth-order valence-corrected chi connectivity index (χ4v) is 3.75. The number of hydrogen-bond donors (Lipinski definition) is 2. The maximum Gasteiger partial charge on any atom is 0.355 e. The van der Waals surface area contributed by atoms with Crippen molar-refractivity contribution in [1.29, 1.82) is 0 Å². The van der Waals surface area contributed by atoms with Crippen molar-refractivity contribution in [3.8, 4) is 0 Å². The second-order valence-corrected chi connectivity index (χ2v) is 7.00. The smallest absolute Gasteiger partial charge is 0.355 e. The van der Waals surface area contributed by atoms with Crippen LogP contribution in [0.25, 0.3) is 0 Å². The van der Waals surface area contributed by atoms with Crippen LogP contribution >= 0.6 is 0 Å². The van der Waals surface area contributed by atoms with Gasteiger partial charge in [0, 0.05) is 12.2 Å². The third kappa shape index (κ3) is 3.81.